The number of hydrogen-bond acceptors (Lipinski definition) is 2. The summed E-state index contributed by atoms with van der Waals surface area (Å²) in [6, 6.07) is 7.14. The first-order valence-corrected chi connectivity index (χ1v) is 5.89. The number of anilines is 1. The van der Waals surface area contributed by atoms with Gasteiger partial charge in [0.05, 0.1) is 0 Å². The van der Waals surface area contributed by atoms with Gasteiger partial charge in [-0.25, -0.2) is 9.07 Å². The molecule has 0 saturated carbocycles. The van der Waals surface area contributed by atoms with Gasteiger partial charge in [-0.1, -0.05) is 0 Å². The van der Waals surface area contributed by atoms with E-state index in [4.69, 9.17) is 0 Å². The highest BCUT2D eigenvalue weighted by molar-refractivity contribution is 5.52. The van der Waals surface area contributed by atoms with Crippen molar-refractivity contribution < 1.29 is 4.39 Å². The number of halogens is 1. The Bertz CT molecular complexity index is 501. The molecule has 0 N–H and O–H groups in total. The van der Waals surface area contributed by atoms with Crippen LogP contribution in [0.4, 0.5) is 10.1 Å². The van der Waals surface area contributed by atoms with E-state index < -0.39 is 0 Å². The minimum atomic E-state index is -0.224. The second kappa shape index (κ2) is 4.20. The van der Waals surface area contributed by atoms with Gasteiger partial charge in [0.15, 0.2) is 5.82 Å². The monoisotopic (exact) mass is 231 g/mol. The van der Waals surface area contributed by atoms with Gasteiger partial charge in [0.25, 0.3) is 0 Å². The molecule has 0 atom stereocenters. The van der Waals surface area contributed by atoms with Crippen LogP contribution in [0, 0.1) is 5.82 Å². The van der Waals surface area contributed by atoms with E-state index in [9.17, 15) is 4.39 Å². The normalized spacial score (nSPS) is 15.5. The first-order valence-electron chi connectivity index (χ1n) is 5.89. The lowest BCUT2D eigenvalue weighted by Gasteiger charge is -2.18. The number of aromatic nitrogens is 2. The van der Waals surface area contributed by atoms with Gasteiger partial charge >= 0.3 is 0 Å². The summed E-state index contributed by atoms with van der Waals surface area (Å²) in [5.74, 6) is -0.224. The van der Waals surface area contributed by atoms with E-state index in [1.54, 1.807) is 35.3 Å². The Hall–Kier alpha value is -1.84. The van der Waals surface area contributed by atoms with Gasteiger partial charge < -0.3 is 4.90 Å². The van der Waals surface area contributed by atoms with Crippen molar-refractivity contribution in [2.75, 3.05) is 18.0 Å². The third-order valence-corrected chi connectivity index (χ3v) is 3.15. The van der Waals surface area contributed by atoms with E-state index in [1.807, 2.05) is 6.07 Å². The van der Waals surface area contributed by atoms with Gasteiger partial charge in [0.2, 0.25) is 0 Å². The van der Waals surface area contributed by atoms with Crippen LogP contribution in [0.25, 0.3) is 5.69 Å². The maximum atomic E-state index is 14.0. The van der Waals surface area contributed by atoms with E-state index in [-0.39, 0.29) is 5.82 Å². The van der Waals surface area contributed by atoms with E-state index in [0.29, 0.717) is 5.69 Å². The Morgan fingerprint density at radius 2 is 2.00 bits per heavy atom. The molecule has 1 aliphatic heterocycles. The van der Waals surface area contributed by atoms with Crippen LogP contribution in [0.3, 0.4) is 0 Å². The van der Waals surface area contributed by atoms with E-state index >= 15 is 0 Å². The first kappa shape index (κ1) is 10.3. The van der Waals surface area contributed by atoms with Crippen molar-refractivity contribution in [2.45, 2.75) is 12.8 Å². The van der Waals surface area contributed by atoms with Crippen LogP contribution in [0.2, 0.25) is 0 Å². The Kier molecular flexibility index (Phi) is 2.55. The zero-order chi connectivity index (χ0) is 11.7. The molecule has 0 radical (unpaired) electrons. The summed E-state index contributed by atoms with van der Waals surface area (Å²) in [5.41, 5.74) is 1.47. The molecular formula is C13H14FN3. The van der Waals surface area contributed by atoms with Crippen molar-refractivity contribution in [3.63, 3.8) is 0 Å². The van der Waals surface area contributed by atoms with Crippen LogP contribution in [0.1, 0.15) is 12.8 Å². The standard InChI is InChI=1S/C13H14FN3/c14-12-10-11(16-7-1-2-8-16)4-5-13(12)17-9-3-6-15-17/h3-6,9-10H,1-2,7-8H2. The molecule has 1 saturated heterocycles. The number of benzene rings is 1. The largest absolute Gasteiger partial charge is 0.371 e. The second-order valence-electron chi connectivity index (χ2n) is 4.28. The van der Waals surface area contributed by atoms with Crippen molar-refractivity contribution in [2.24, 2.45) is 0 Å². The molecular weight excluding hydrogens is 217 g/mol. The predicted molar refractivity (Wildman–Crippen MR) is 65.0 cm³/mol. The third kappa shape index (κ3) is 1.90. The zero-order valence-corrected chi connectivity index (χ0v) is 9.51. The molecule has 2 heterocycles. The molecule has 1 aromatic heterocycles. The topological polar surface area (TPSA) is 21.1 Å². The van der Waals surface area contributed by atoms with E-state index in [2.05, 4.69) is 10.00 Å². The minimum absolute atomic E-state index is 0.224. The molecule has 0 unspecified atom stereocenters. The Balaban J connectivity index is 1.94. The summed E-state index contributed by atoms with van der Waals surface area (Å²) < 4.78 is 15.5. The predicted octanol–water partition coefficient (Wildman–Crippen LogP) is 2.61. The van der Waals surface area contributed by atoms with Gasteiger partial charge in [-0.3, -0.25) is 0 Å². The lowest BCUT2D eigenvalue weighted by atomic mass is 10.2. The lowest BCUT2D eigenvalue weighted by molar-refractivity contribution is 0.610. The van der Waals surface area contributed by atoms with Crippen LogP contribution in [-0.2, 0) is 0 Å². The molecule has 0 amide bonds. The molecule has 4 heteroatoms. The Morgan fingerprint density at radius 1 is 1.18 bits per heavy atom. The average Bonchev–Trinajstić information content (AvgIpc) is 3.02. The molecule has 3 rings (SSSR count). The summed E-state index contributed by atoms with van der Waals surface area (Å²) in [5, 5.41) is 4.04. The maximum absolute atomic E-state index is 14.0. The molecule has 3 nitrogen and oxygen atoms in total. The van der Waals surface area contributed by atoms with Crippen molar-refractivity contribution in [1.82, 2.24) is 9.78 Å². The molecule has 1 aliphatic rings. The van der Waals surface area contributed by atoms with Crippen molar-refractivity contribution >= 4 is 5.69 Å². The quantitative estimate of drug-likeness (QED) is 0.792. The fourth-order valence-electron chi connectivity index (χ4n) is 2.26. The van der Waals surface area contributed by atoms with E-state index in [0.717, 1.165) is 18.8 Å². The average molecular weight is 231 g/mol. The van der Waals surface area contributed by atoms with Crippen molar-refractivity contribution in [1.29, 1.82) is 0 Å². The van der Waals surface area contributed by atoms with E-state index in [1.165, 1.54) is 12.8 Å². The second-order valence-corrected chi connectivity index (χ2v) is 4.28. The number of nitrogens with zero attached hydrogens (tertiary/aromatic N) is 3. The molecule has 17 heavy (non-hydrogen) atoms. The van der Waals surface area contributed by atoms with Crippen LogP contribution >= 0.6 is 0 Å². The maximum Gasteiger partial charge on any atom is 0.150 e. The fourth-order valence-corrected chi connectivity index (χ4v) is 2.26. The molecule has 88 valence electrons. The smallest absolute Gasteiger partial charge is 0.150 e. The molecule has 0 aliphatic carbocycles. The summed E-state index contributed by atoms with van der Waals surface area (Å²) in [7, 11) is 0. The molecule has 0 bridgehead atoms. The summed E-state index contributed by atoms with van der Waals surface area (Å²) in [6.07, 6.45) is 5.78. The molecule has 0 spiro atoms. The van der Waals surface area contributed by atoms with Gasteiger partial charge in [-0.05, 0) is 37.1 Å². The molecule has 1 fully saturated rings. The van der Waals surface area contributed by atoms with Gasteiger partial charge in [0.1, 0.15) is 5.69 Å². The summed E-state index contributed by atoms with van der Waals surface area (Å²) >= 11 is 0. The van der Waals surface area contributed by atoms with Crippen LogP contribution in [-0.4, -0.2) is 22.9 Å². The van der Waals surface area contributed by atoms with Crippen molar-refractivity contribution in [3.05, 3.63) is 42.5 Å². The lowest BCUT2D eigenvalue weighted by Crippen LogP contribution is -2.17. The number of hydrogen-bond donors (Lipinski definition) is 0. The molecule has 1 aromatic carbocycles. The zero-order valence-electron chi connectivity index (χ0n) is 9.51. The third-order valence-electron chi connectivity index (χ3n) is 3.15. The Labute approximate surface area is 99.5 Å². The summed E-state index contributed by atoms with van der Waals surface area (Å²) in [4.78, 5) is 2.22. The van der Waals surface area contributed by atoms with Gasteiger partial charge in [-0.15, -0.1) is 0 Å². The van der Waals surface area contributed by atoms with Crippen LogP contribution < -0.4 is 4.90 Å². The number of rotatable bonds is 2. The fraction of sp³-hybridized carbons (Fsp3) is 0.308. The SMILES string of the molecule is Fc1cc(N2CCCC2)ccc1-n1cccn1. The van der Waals surface area contributed by atoms with Gasteiger partial charge in [0, 0.05) is 31.2 Å². The van der Waals surface area contributed by atoms with Crippen LogP contribution in [0.15, 0.2) is 36.7 Å². The van der Waals surface area contributed by atoms with Gasteiger partial charge in [-0.2, -0.15) is 5.10 Å². The van der Waals surface area contributed by atoms with Crippen molar-refractivity contribution in [3.8, 4) is 5.69 Å². The highest BCUT2D eigenvalue weighted by Gasteiger charge is 2.14. The Morgan fingerprint density at radius 3 is 2.65 bits per heavy atom. The highest BCUT2D eigenvalue weighted by atomic mass is 19.1. The minimum Gasteiger partial charge on any atom is -0.371 e. The van der Waals surface area contributed by atoms with Crippen LogP contribution in [0.5, 0.6) is 0 Å². The summed E-state index contributed by atoms with van der Waals surface area (Å²) in [6.45, 7) is 2.06. The highest BCUT2D eigenvalue weighted by Crippen LogP contribution is 2.23. The first-order chi connectivity index (χ1) is 8.34. The molecule has 2 aromatic rings.